The highest BCUT2D eigenvalue weighted by molar-refractivity contribution is 6.31. The second-order valence-corrected chi connectivity index (χ2v) is 7.94. The van der Waals surface area contributed by atoms with Gasteiger partial charge in [-0.3, -0.25) is 15.0 Å². The van der Waals surface area contributed by atoms with E-state index in [4.69, 9.17) is 11.6 Å². The summed E-state index contributed by atoms with van der Waals surface area (Å²) in [7, 11) is 0. The molecule has 0 bridgehead atoms. The minimum absolute atomic E-state index is 0.337. The van der Waals surface area contributed by atoms with Crippen molar-refractivity contribution in [3.05, 3.63) is 69.7 Å². The molecule has 0 aliphatic carbocycles. The molecule has 0 fully saturated rings. The Morgan fingerprint density at radius 2 is 1.67 bits per heavy atom. The highest BCUT2D eigenvalue weighted by Gasteiger charge is 2.30. The summed E-state index contributed by atoms with van der Waals surface area (Å²) in [5, 5.41) is 1.74. The Morgan fingerprint density at radius 1 is 1.07 bits per heavy atom. The number of amides is 2. The van der Waals surface area contributed by atoms with Crippen LogP contribution in [0, 0.1) is 6.92 Å². The molecule has 0 heterocycles. The first kappa shape index (κ1) is 20.9. The molecule has 144 valence electrons. The third kappa shape index (κ3) is 5.30. The average Bonchev–Trinajstić information content (AvgIpc) is 2.57. The number of carbonyl (C=O) groups excluding carboxylic acids is 2. The zero-order valence-corrected chi connectivity index (χ0v) is 16.9. The van der Waals surface area contributed by atoms with E-state index in [1.54, 1.807) is 30.3 Å². The van der Waals surface area contributed by atoms with E-state index in [-0.39, 0.29) is 5.91 Å². The molecule has 27 heavy (non-hydrogen) atoms. The van der Waals surface area contributed by atoms with Gasteiger partial charge in [0.1, 0.15) is 6.17 Å². The summed E-state index contributed by atoms with van der Waals surface area (Å²) in [6, 6.07) is 11.2. The van der Waals surface area contributed by atoms with Crippen LogP contribution in [0.4, 0.5) is 4.39 Å². The minimum atomic E-state index is -1.11. The van der Waals surface area contributed by atoms with E-state index in [1.807, 2.05) is 27.7 Å². The zero-order chi connectivity index (χ0) is 20.4. The van der Waals surface area contributed by atoms with Crippen LogP contribution in [0.3, 0.4) is 0 Å². The summed E-state index contributed by atoms with van der Waals surface area (Å²) in [6.07, 6.45) is -1.11. The van der Waals surface area contributed by atoms with Crippen molar-refractivity contribution < 1.29 is 14.0 Å². The molecule has 6 heteroatoms. The highest BCUT2D eigenvalue weighted by Crippen LogP contribution is 2.21. The predicted molar refractivity (Wildman–Crippen MR) is 106 cm³/mol. The number of carbonyl (C=O) groups is 2. The van der Waals surface area contributed by atoms with Crippen LogP contribution in [-0.4, -0.2) is 22.4 Å². The van der Waals surface area contributed by atoms with Gasteiger partial charge in [0.2, 0.25) is 0 Å². The summed E-state index contributed by atoms with van der Waals surface area (Å²) >= 11 is 6.07. The number of rotatable bonds is 3. The first-order chi connectivity index (χ1) is 12.5. The van der Waals surface area contributed by atoms with Gasteiger partial charge in [-0.05, 0) is 76.1 Å². The van der Waals surface area contributed by atoms with Crippen molar-refractivity contribution >= 4 is 23.4 Å². The van der Waals surface area contributed by atoms with Crippen LogP contribution in [0.25, 0.3) is 0 Å². The molecule has 0 spiro atoms. The predicted octanol–water partition coefficient (Wildman–Crippen LogP) is 5.26. The van der Waals surface area contributed by atoms with Gasteiger partial charge in [-0.25, -0.2) is 9.40 Å². The molecule has 1 unspecified atom stereocenters. The van der Waals surface area contributed by atoms with Gasteiger partial charge in [-0.2, -0.15) is 0 Å². The average molecular weight is 391 g/mol. The van der Waals surface area contributed by atoms with E-state index in [2.05, 4.69) is 5.43 Å². The Labute approximate surface area is 164 Å². The first-order valence-corrected chi connectivity index (χ1v) is 9.03. The number of hydrogen-bond acceptors (Lipinski definition) is 2. The molecule has 2 amide bonds. The molecule has 1 atom stereocenters. The number of hydrogen-bond donors (Lipinski definition) is 1. The van der Waals surface area contributed by atoms with E-state index in [1.165, 1.54) is 24.1 Å². The lowest BCUT2D eigenvalue weighted by atomic mass is 10.0. The van der Waals surface area contributed by atoms with Gasteiger partial charge < -0.3 is 0 Å². The fraction of sp³-hybridized carbons (Fsp3) is 0.333. The van der Waals surface area contributed by atoms with Crippen LogP contribution in [0.5, 0.6) is 0 Å². The van der Waals surface area contributed by atoms with Crippen molar-refractivity contribution in [3.8, 4) is 0 Å². The number of alkyl halides is 1. The van der Waals surface area contributed by atoms with Gasteiger partial charge >= 0.3 is 0 Å². The van der Waals surface area contributed by atoms with E-state index in [9.17, 15) is 14.0 Å². The van der Waals surface area contributed by atoms with Crippen molar-refractivity contribution in [3.63, 3.8) is 0 Å². The van der Waals surface area contributed by atoms with Crippen molar-refractivity contribution in [2.75, 3.05) is 0 Å². The number of aryl methyl sites for hydroxylation is 1. The molecule has 2 aromatic rings. The number of nitrogens with one attached hydrogen (secondary N) is 1. The standard InChI is InChI=1S/C21H24ClFN2O2/c1-13-10-17(12-18(22)11-13)20(27)25(21(3,4)5)24-19(26)16-8-6-15(7-9-16)14(2)23/h6-12,14H,1-5H3,(H,24,26). The third-order valence-electron chi connectivity index (χ3n) is 4.01. The first-order valence-electron chi connectivity index (χ1n) is 8.66. The fourth-order valence-corrected chi connectivity index (χ4v) is 2.87. The van der Waals surface area contributed by atoms with Gasteiger partial charge in [0.25, 0.3) is 11.8 Å². The molecule has 0 aromatic heterocycles. The lowest BCUT2D eigenvalue weighted by Gasteiger charge is -2.35. The summed E-state index contributed by atoms with van der Waals surface area (Å²) in [6.45, 7) is 8.72. The maximum Gasteiger partial charge on any atom is 0.272 e. The van der Waals surface area contributed by atoms with E-state index in [0.717, 1.165) is 5.56 Å². The molecule has 0 aliphatic heterocycles. The van der Waals surface area contributed by atoms with E-state index >= 15 is 0 Å². The Morgan fingerprint density at radius 3 is 2.15 bits per heavy atom. The van der Waals surface area contributed by atoms with Crippen molar-refractivity contribution in [2.24, 2.45) is 0 Å². The molecule has 2 rings (SSSR count). The summed E-state index contributed by atoms with van der Waals surface area (Å²) in [5.74, 6) is -0.814. The molecule has 0 saturated carbocycles. The van der Waals surface area contributed by atoms with E-state index < -0.39 is 17.6 Å². The molecule has 0 aliphatic rings. The number of benzene rings is 2. The highest BCUT2D eigenvalue weighted by atomic mass is 35.5. The quantitative estimate of drug-likeness (QED) is 0.726. The molecule has 2 aromatic carbocycles. The van der Waals surface area contributed by atoms with Crippen molar-refractivity contribution in [2.45, 2.75) is 46.3 Å². The Kier molecular flexibility index (Phi) is 6.26. The fourth-order valence-electron chi connectivity index (χ4n) is 2.58. The molecular weight excluding hydrogens is 367 g/mol. The van der Waals surface area contributed by atoms with Gasteiger partial charge in [-0.1, -0.05) is 23.7 Å². The zero-order valence-electron chi connectivity index (χ0n) is 16.1. The van der Waals surface area contributed by atoms with Crippen LogP contribution in [0.1, 0.15) is 65.7 Å². The molecule has 1 N–H and O–H groups in total. The monoisotopic (exact) mass is 390 g/mol. The molecule has 0 saturated heterocycles. The smallest absolute Gasteiger partial charge is 0.267 e. The molecule has 4 nitrogen and oxygen atoms in total. The summed E-state index contributed by atoms with van der Waals surface area (Å²) in [5.41, 5.74) is 4.06. The molecular formula is C21H24ClFN2O2. The molecule has 0 radical (unpaired) electrons. The Bertz CT molecular complexity index is 822. The van der Waals surface area contributed by atoms with Gasteiger partial charge in [0.05, 0.1) is 5.54 Å². The second kappa shape index (κ2) is 8.09. The van der Waals surface area contributed by atoms with E-state index in [0.29, 0.717) is 21.7 Å². The summed E-state index contributed by atoms with van der Waals surface area (Å²) in [4.78, 5) is 25.6. The minimum Gasteiger partial charge on any atom is -0.267 e. The third-order valence-corrected chi connectivity index (χ3v) is 4.23. The summed E-state index contributed by atoms with van der Waals surface area (Å²) < 4.78 is 13.3. The van der Waals surface area contributed by atoms with Crippen LogP contribution in [0.15, 0.2) is 42.5 Å². The largest absolute Gasteiger partial charge is 0.272 e. The lowest BCUT2D eigenvalue weighted by molar-refractivity contribution is 0.0358. The van der Waals surface area contributed by atoms with Crippen LogP contribution >= 0.6 is 11.6 Å². The van der Waals surface area contributed by atoms with Crippen LogP contribution in [-0.2, 0) is 0 Å². The topological polar surface area (TPSA) is 49.4 Å². The van der Waals surface area contributed by atoms with Crippen LogP contribution in [0.2, 0.25) is 5.02 Å². The number of nitrogens with zero attached hydrogens (tertiary/aromatic N) is 1. The van der Waals surface area contributed by atoms with Crippen LogP contribution < -0.4 is 5.43 Å². The maximum absolute atomic E-state index is 13.3. The van der Waals surface area contributed by atoms with Gasteiger partial charge in [-0.15, -0.1) is 0 Å². The van der Waals surface area contributed by atoms with Gasteiger partial charge in [0.15, 0.2) is 0 Å². The SMILES string of the molecule is Cc1cc(Cl)cc(C(=O)N(NC(=O)c2ccc(C(C)F)cc2)C(C)(C)C)c1. The second-order valence-electron chi connectivity index (χ2n) is 7.51. The number of halogens is 2. The van der Waals surface area contributed by atoms with Crippen molar-refractivity contribution in [1.29, 1.82) is 0 Å². The lowest BCUT2D eigenvalue weighted by Crippen LogP contribution is -2.55. The maximum atomic E-state index is 13.3. The Balaban J connectivity index is 2.28. The number of hydrazine groups is 1. The van der Waals surface area contributed by atoms with Gasteiger partial charge in [0, 0.05) is 16.1 Å². The Hall–Kier alpha value is -2.40. The van der Waals surface area contributed by atoms with Crippen molar-refractivity contribution in [1.82, 2.24) is 10.4 Å². The normalized spacial score (nSPS) is 12.4.